The summed E-state index contributed by atoms with van der Waals surface area (Å²) in [4.78, 5) is 11.9. The monoisotopic (exact) mass is 274 g/mol. The number of nitrogens with two attached hydrogens (primary N) is 1. The minimum absolute atomic E-state index is 0.0386. The molecule has 0 fully saturated rings. The van der Waals surface area contributed by atoms with Crippen molar-refractivity contribution in [3.63, 3.8) is 0 Å². The summed E-state index contributed by atoms with van der Waals surface area (Å²) < 4.78 is 5.29. The molecule has 0 bridgehead atoms. The minimum atomic E-state index is -0.225. The van der Waals surface area contributed by atoms with Crippen molar-refractivity contribution in [1.82, 2.24) is 15.5 Å². The predicted molar refractivity (Wildman–Crippen MR) is 76.6 cm³/mol. The number of carbonyl (C=O) groups excluding carboxylic acids is 1. The molecule has 0 saturated carbocycles. The zero-order valence-corrected chi connectivity index (χ0v) is 11.5. The highest BCUT2D eigenvalue weighted by atomic mass is 16.5. The standard InChI is InChI=1S/C14H18N4O2/c1-9(7-10-5-3-4-6-12(10)20-2)16-14(19)11-8-13(15)18-17-11/h3-6,8-9H,7H2,1-2H3,(H,16,19)(H3,15,17,18). The molecule has 1 atom stereocenters. The van der Waals surface area contributed by atoms with E-state index < -0.39 is 0 Å². The molecule has 0 aliphatic carbocycles. The fourth-order valence-corrected chi connectivity index (χ4v) is 2.01. The molecule has 1 amide bonds. The maximum Gasteiger partial charge on any atom is 0.269 e. The molecule has 6 heteroatoms. The minimum Gasteiger partial charge on any atom is -0.496 e. The van der Waals surface area contributed by atoms with E-state index in [1.54, 1.807) is 7.11 Å². The van der Waals surface area contributed by atoms with Crippen molar-refractivity contribution in [2.45, 2.75) is 19.4 Å². The van der Waals surface area contributed by atoms with Gasteiger partial charge in [-0.2, -0.15) is 5.10 Å². The molecule has 4 N–H and O–H groups in total. The van der Waals surface area contributed by atoms with Gasteiger partial charge < -0.3 is 15.8 Å². The van der Waals surface area contributed by atoms with E-state index >= 15 is 0 Å². The molecule has 6 nitrogen and oxygen atoms in total. The molecular formula is C14H18N4O2. The van der Waals surface area contributed by atoms with Crippen LogP contribution in [0.3, 0.4) is 0 Å². The molecule has 0 aliphatic heterocycles. The summed E-state index contributed by atoms with van der Waals surface area (Å²) in [5.74, 6) is 0.892. The number of benzene rings is 1. The fourth-order valence-electron chi connectivity index (χ4n) is 2.01. The number of hydrogen-bond donors (Lipinski definition) is 3. The van der Waals surface area contributed by atoms with Crippen LogP contribution >= 0.6 is 0 Å². The first kappa shape index (κ1) is 13.9. The number of nitrogen functional groups attached to an aromatic ring is 1. The van der Waals surface area contributed by atoms with Crippen molar-refractivity contribution in [2.24, 2.45) is 0 Å². The first-order valence-electron chi connectivity index (χ1n) is 6.33. The largest absolute Gasteiger partial charge is 0.496 e. The first-order valence-corrected chi connectivity index (χ1v) is 6.33. The maximum absolute atomic E-state index is 11.9. The van der Waals surface area contributed by atoms with Crippen molar-refractivity contribution in [2.75, 3.05) is 12.8 Å². The lowest BCUT2D eigenvalue weighted by Crippen LogP contribution is -2.34. The maximum atomic E-state index is 11.9. The Morgan fingerprint density at radius 1 is 1.50 bits per heavy atom. The quantitative estimate of drug-likeness (QED) is 0.767. The molecule has 106 valence electrons. The van der Waals surface area contributed by atoms with Crippen LogP contribution < -0.4 is 15.8 Å². The summed E-state index contributed by atoms with van der Waals surface area (Å²) in [5.41, 5.74) is 6.87. The van der Waals surface area contributed by atoms with Crippen LogP contribution in [0.2, 0.25) is 0 Å². The lowest BCUT2D eigenvalue weighted by Gasteiger charge is -2.15. The predicted octanol–water partition coefficient (Wildman–Crippen LogP) is 1.36. The van der Waals surface area contributed by atoms with Crippen LogP contribution in [-0.4, -0.2) is 29.3 Å². The Morgan fingerprint density at radius 2 is 2.25 bits per heavy atom. The Hall–Kier alpha value is -2.50. The van der Waals surface area contributed by atoms with Crippen LogP contribution in [0.15, 0.2) is 30.3 Å². The number of ether oxygens (including phenoxy) is 1. The molecule has 1 aromatic carbocycles. The van der Waals surface area contributed by atoms with Crippen molar-refractivity contribution < 1.29 is 9.53 Å². The smallest absolute Gasteiger partial charge is 0.269 e. The lowest BCUT2D eigenvalue weighted by atomic mass is 10.1. The van der Waals surface area contributed by atoms with Crippen molar-refractivity contribution in [3.05, 3.63) is 41.6 Å². The molecular weight excluding hydrogens is 256 g/mol. The Kier molecular flexibility index (Phi) is 4.24. The highest BCUT2D eigenvalue weighted by Crippen LogP contribution is 2.18. The average molecular weight is 274 g/mol. The zero-order valence-electron chi connectivity index (χ0n) is 11.5. The van der Waals surface area contributed by atoms with Crippen LogP contribution in [-0.2, 0) is 6.42 Å². The van der Waals surface area contributed by atoms with Gasteiger partial charge in [0, 0.05) is 12.1 Å². The second kappa shape index (κ2) is 6.10. The highest BCUT2D eigenvalue weighted by Gasteiger charge is 2.13. The van der Waals surface area contributed by atoms with E-state index in [-0.39, 0.29) is 11.9 Å². The number of aromatic amines is 1. The highest BCUT2D eigenvalue weighted by molar-refractivity contribution is 5.93. The molecule has 0 saturated heterocycles. The number of nitrogens with one attached hydrogen (secondary N) is 2. The van der Waals surface area contributed by atoms with Crippen LogP contribution in [0.25, 0.3) is 0 Å². The third-order valence-corrected chi connectivity index (χ3v) is 2.94. The van der Waals surface area contributed by atoms with Gasteiger partial charge in [0.25, 0.3) is 5.91 Å². The van der Waals surface area contributed by atoms with Gasteiger partial charge in [0.05, 0.1) is 7.11 Å². The SMILES string of the molecule is COc1ccccc1CC(C)NC(=O)c1cc(N)n[nH]1. The Balaban J connectivity index is 1.98. The molecule has 0 aliphatic rings. The van der Waals surface area contributed by atoms with E-state index in [4.69, 9.17) is 10.5 Å². The van der Waals surface area contributed by atoms with Crippen molar-refractivity contribution in [3.8, 4) is 5.75 Å². The summed E-state index contributed by atoms with van der Waals surface area (Å²) in [7, 11) is 1.63. The number of nitrogens with zero attached hydrogens (tertiary/aromatic N) is 1. The van der Waals surface area contributed by atoms with E-state index in [1.807, 2.05) is 31.2 Å². The topological polar surface area (TPSA) is 93.0 Å². The number of anilines is 1. The number of methoxy groups -OCH3 is 1. The fraction of sp³-hybridized carbons (Fsp3) is 0.286. The Labute approximate surface area is 117 Å². The second-order valence-electron chi connectivity index (χ2n) is 4.60. The van der Waals surface area contributed by atoms with Crippen LogP contribution in [0, 0.1) is 0 Å². The number of H-pyrrole nitrogens is 1. The van der Waals surface area contributed by atoms with Gasteiger partial charge in [-0.3, -0.25) is 9.89 Å². The molecule has 1 heterocycles. The third-order valence-electron chi connectivity index (χ3n) is 2.94. The van der Waals surface area contributed by atoms with E-state index in [0.29, 0.717) is 17.9 Å². The molecule has 0 spiro atoms. The van der Waals surface area contributed by atoms with E-state index in [0.717, 1.165) is 11.3 Å². The van der Waals surface area contributed by atoms with Gasteiger partial charge in [-0.15, -0.1) is 0 Å². The molecule has 20 heavy (non-hydrogen) atoms. The normalized spacial score (nSPS) is 11.9. The zero-order chi connectivity index (χ0) is 14.5. The summed E-state index contributed by atoms with van der Waals surface area (Å²) in [6, 6.07) is 9.21. The summed E-state index contributed by atoms with van der Waals surface area (Å²) in [5, 5.41) is 9.20. The van der Waals surface area contributed by atoms with Crippen molar-refractivity contribution in [1.29, 1.82) is 0 Å². The molecule has 2 aromatic rings. The van der Waals surface area contributed by atoms with Crippen molar-refractivity contribution >= 4 is 11.7 Å². The van der Waals surface area contributed by atoms with Crippen LogP contribution in [0.4, 0.5) is 5.82 Å². The first-order chi connectivity index (χ1) is 9.60. The average Bonchev–Trinajstić information content (AvgIpc) is 2.86. The van der Waals surface area contributed by atoms with Gasteiger partial charge >= 0.3 is 0 Å². The van der Waals surface area contributed by atoms with Crippen LogP contribution in [0.1, 0.15) is 23.0 Å². The molecule has 1 aromatic heterocycles. The summed E-state index contributed by atoms with van der Waals surface area (Å²) >= 11 is 0. The molecule has 0 radical (unpaired) electrons. The number of amides is 1. The third kappa shape index (κ3) is 3.28. The van der Waals surface area contributed by atoms with Gasteiger partial charge in [-0.25, -0.2) is 0 Å². The number of rotatable bonds is 5. The summed E-state index contributed by atoms with van der Waals surface area (Å²) in [6.45, 7) is 1.93. The lowest BCUT2D eigenvalue weighted by molar-refractivity contribution is 0.0935. The second-order valence-corrected chi connectivity index (χ2v) is 4.60. The molecule has 2 rings (SSSR count). The van der Waals surface area contributed by atoms with Gasteiger partial charge in [-0.05, 0) is 25.0 Å². The number of aromatic nitrogens is 2. The van der Waals surface area contributed by atoms with Gasteiger partial charge in [0.15, 0.2) is 0 Å². The van der Waals surface area contributed by atoms with E-state index in [1.165, 1.54) is 6.07 Å². The number of para-hydroxylation sites is 1. The van der Waals surface area contributed by atoms with E-state index in [2.05, 4.69) is 15.5 Å². The van der Waals surface area contributed by atoms with Gasteiger partial charge in [0.1, 0.15) is 17.3 Å². The van der Waals surface area contributed by atoms with Gasteiger partial charge in [0.2, 0.25) is 0 Å². The van der Waals surface area contributed by atoms with Gasteiger partial charge in [-0.1, -0.05) is 18.2 Å². The summed E-state index contributed by atoms with van der Waals surface area (Å²) in [6.07, 6.45) is 0.680. The Morgan fingerprint density at radius 3 is 2.90 bits per heavy atom. The number of carbonyl (C=O) groups is 1. The number of hydrogen-bond acceptors (Lipinski definition) is 4. The van der Waals surface area contributed by atoms with E-state index in [9.17, 15) is 4.79 Å². The van der Waals surface area contributed by atoms with Crippen LogP contribution in [0.5, 0.6) is 5.75 Å². The Bertz CT molecular complexity index is 594. The molecule has 1 unspecified atom stereocenters.